The van der Waals surface area contributed by atoms with Crippen LogP contribution in [0, 0.1) is 0 Å². The fourth-order valence-corrected chi connectivity index (χ4v) is 2.58. The predicted molar refractivity (Wildman–Crippen MR) is 80.0 cm³/mol. The lowest BCUT2D eigenvalue weighted by atomic mass is 9.90. The van der Waals surface area contributed by atoms with E-state index < -0.39 is 11.9 Å². The van der Waals surface area contributed by atoms with E-state index in [4.69, 9.17) is 0 Å². The molecule has 2 unspecified atom stereocenters. The van der Waals surface area contributed by atoms with Crippen molar-refractivity contribution in [3.8, 4) is 0 Å². The summed E-state index contributed by atoms with van der Waals surface area (Å²) in [7, 11) is 0. The van der Waals surface area contributed by atoms with Crippen molar-refractivity contribution in [1.82, 2.24) is 10.2 Å². The van der Waals surface area contributed by atoms with Crippen LogP contribution in [0.3, 0.4) is 0 Å². The molecule has 2 amide bonds. The number of carbonyl (C=O) groups excluding carboxylic acids is 1. The van der Waals surface area contributed by atoms with Crippen LogP contribution in [-0.4, -0.2) is 34.6 Å². The first kappa shape index (κ1) is 15.1. The van der Waals surface area contributed by atoms with Crippen LogP contribution in [0.1, 0.15) is 30.4 Å². The van der Waals surface area contributed by atoms with Gasteiger partial charge in [0.15, 0.2) is 0 Å². The van der Waals surface area contributed by atoms with E-state index in [0.29, 0.717) is 13.0 Å². The summed E-state index contributed by atoms with van der Waals surface area (Å²) in [5.41, 5.74) is 1.69. The summed E-state index contributed by atoms with van der Waals surface area (Å²) >= 11 is 0. The normalized spacial score (nSPS) is 18.5. The van der Waals surface area contributed by atoms with E-state index in [1.165, 1.54) is 0 Å². The van der Waals surface area contributed by atoms with Crippen LogP contribution in [0.5, 0.6) is 0 Å². The van der Waals surface area contributed by atoms with Crippen molar-refractivity contribution in [2.24, 2.45) is 0 Å². The number of urea groups is 1. The Bertz CT molecular complexity index is 556. The maximum absolute atomic E-state index is 12.2. The molecule has 2 N–H and O–H groups in total. The Labute approximate surface area is 124 Å². The number of hydrogen-bond donors (Lipinski definition) is 2. The highest BCUT2D eigenvalue weighted by Crippen LogP contribution is 2.28. The highest BCUT2D eigenvalue weighted by molar-refractivity contribution is 5.81. The molecule has 0 fully saturated rings. The van der Waals surface area contributed by atoms with Gasteiger partial charge in [-0.3, -0.25) is 4.79 Å². The van der Waals surface area contributed by atoms with Gasteiger partial charge >= 0.3 is 12.0 Å². The quantitative estimate of drug-likeness (QED) is 0.836. The Hall–Kier alpha value is -2.30. The molecule has 2 rings (SSSR count). The van der Waals surface area contributed by atoms with Gasteiger partial charge in [-0.1, -0.05) is 30.3 Å². The first-order valence-corrected chi connectivity index (χ1v) is 7.00. The molecule has 1 heterocycles. The van der Waals surface area contributed by atoms with Crippen LogP contribution in [-0.2, 0) is 11.3 Å². The lowest BCUT2D eigenvalue weighted by Crippen LogP contribution is -2.47. The van der Waals surface area contributed by atoms with E-state index in [1.54, 1.807) is 11.0 Å². The fraction of sp³-hybridized carbons (Fsp3) is 0.375. The fourth-order valence-electron chi connectivity index (χ4n) is 2.58. The van der Waals surface area contributed by atoms with Gasteiger partial charge in [-0.05, 0) is 24.5 Å². The maximum atomic E-state index is 12.2. The van der Waals surface area contributed by atoms with E-state index in [-0.39, 0.29) is 18.6 Å². The second kappa shape index (κ2) is 6.43. The smallest absolute Gasteiger partial charge is 0.317 e. The van der Waals surface area contributed by atoms with Crippen molar-refractivity contribution >= 4 is 12.0 Å². The zero-order valence-electron chi connectivity index (χ0n) is 12.1. The lowest BCUT2D eigenvalue weighted by molar-refractivity contribution is -0.139. The Kier molecular flexibility index (Phi) is 4.62. The lowest BCUT2D eigenvalue weighted by Gasteiger charge is -2.33. The number of aliphatic carboxylic acids is 1. The number of amides is 2. The van der Waals surface area contributed by atoms with Crippen LogP contribution in [0.4, 0.5) is 4.79 Å². The average molecular weight is 288 g/mol. The zero-order chi connectivity index (χ0) is 15.4. The first-order chi connectivity index (χ1) is 10.0. The van der Waals surface area contributed by atoms with Gasteiger partial charge in [0.05, 0.1) is 5.92 Å². The SMILES string of the molecule is C=CCC(C)NC(=O)N1Cc2ccccc2C(C(=O)O)C1. The van der Waals surface area contributed by atoms with Crippen molar-refractivity contribution in [2.45, 2.75) is 31.8 Å². The topological polar surface area (TPSA) is 69.6 Å². The van der Waals surface area contributed by atoms with Gasteiger partial charge in [-0.15, -0.1) is 6.58 Å². The van der Waals surface area contributed by atoms with Crippen LogP contribution in [0.25, 0.3) is 0 Å². The molecule has 2 atom stereocenters. The molecule has 1 aliphatic rings. The minimum absolute atomic E-state index is 0.0181. The van der Waals surface area contributed by atoms with Crippen molar-refractivity contribution in [1.29, 1.82) is 0 Å². The molecule has 1 aromatic rings. The van der Waals surface area contributed by atoms with E-state index in [1.807, 2.05) is 31.2 Å². The monoisotopic (exact) mass is 288 g/mol. The Balaban J connectivity index is 2.15. The summed E-state index contributed by atoms with van der Waals surface area (Å²) in [6.45, 7) is 6.17. The molecule has 1 aromatic carbocycles. The molecule has 0 saturated heterocycles. The molecular weight excluding hydrogens is 268 g/mol. The number of nitrogens with one attached hydrogen (secondary N) is 1. The van der Waals surface area contributed by atoms with Gasteiger partial charge in [0.1, 0.15) is 0 Å². The van der Waals surface area contributed by atoms with Crippen molar-refractivity contribution in [2.75, 3.05) is 6.54 Å². The Morgan fingerprint density at radius 3 is 2.90 bits per heavy atom. The number of fused-ring (bicyclic) bond motifs is 1. The van der Waals surface area contributed by atoms with E-state index in [0.717, 1.165) is 11.1 Å². The molecule has 0 radical (unpaired) electrons. The van der Waals surface area contributed by atoms with Crippen LogP contribution in [0.15, 0.2) is 36.9 Å². The summed E-state index contributed by atoms with van der Waals surface area (Å²) in [5.74, 6) is -1.57. The Morgan fingerprint density at radius 2 is 2.24 bits per heavy atom. The summed E-state index contributed by atoms with van der Waals surface area (Å²) in [6, 6.07) is 7.14. The zero-order valence-corrected chi connectivity index (χ0v) is 12.1. The van der Waals surface area contributed by atoms with Gasteiger partial charge in [-0.2, -0.15) is 0 Å². The van der Waals surface area contributed by atoms with Gasteiger partial charge in [-0.25, -0.2) is 4.79 Å². The number of rotatable bonds is 4. The third kappa shape index (κ3) is 3.42. The summed E-state index contributed by atoms with van der Waals surface area (Å²) in [4.78, 5) is 25.2. The predicted octanol–water partition coefficient (Wildman–Crippen LogP) is 2.34. The molecule has 0 spiro atoms. The summed E-state index contributed by atoms with van der Waals surface area (Å²) in [6.07, 6.45) is 2.43. The van der Waals surface area contributed by atoms with Crippen molar-refractivity contribution < 1.29 is 14.7 Å². The van der Waals surface area contributed by atoms with Crippen molar-refractivity contribution in [3.05, 3.63) is 48.0 Å². The first-order valence-electron chi connectivity index (χ1n) is 7.00. The number of carbonyl (C=O) groups is 2. The van der Waals surface area contributed by atoms with Gasteiger partial charge in [0.2, 0.25) is 0 Å². The molecule has 0 aliphatic carbocycles. The standard InChI is InChI=1S/C16H20N2O3/c1-3-6-11(2)17-16(21)18-9-12-7-4-5-8-13(12)14(10-18)15(19)20/h3-5,7-8,11,14H,1,6,9-10H2,2H3,(H,17,21)(H,19,20). The highest BCUT2D eigenvalue weighted by atomic mass is 16.4. The second-order valence-corrected chi connectivity index (χ2v) is 5.35. The van der Waals surface area contributed by atoms with E-state index in [9.17, 15) is 14.7 Å². The molecule has 112 valence electrons. The second-order valence-electron chi connectivity index (χ2n) is 5.35. The molecule has 1 aliphatic heterocycles. The number of nitrogens with zero attached hydrogens (tertiary/aromatic N) is 1. The Morgan fingerprint density at radius 1 is 1.52 bits per heavy atom. The van der Waals surface area contributed by atoms with Crippen LogP contribution < -0.4 is 5.32 Å². The molecule has 5 nitrogen and oxygen atoms in total. The average Bonchev–Trinajstić information content (AvgIpc) is 2.46. The molecule has 5 heteroatoms. The number of carboxylic acid groups (broad SMARTS) is 1. The molecule has 0 saturated carbocycles. The third-order valence-electron chi connectivity index (χ3n) is 3.67. The van der Waals surface area contributed by atoms with Gasteiger partial charge < -0.3 is 15.3 Å². The third-order valence-corrected chi connectivity index (χ3v) is 3.67. The maximum Gasteiger partial charge on any atom is 0.317 e. The number of carboxylic acids is 1. The number of benzene rings is 1. The molecule has 21 heavy (non-hydrogen) atoms. The molecule has 0 bridgehead atoms. The van der Waals surface area contributed by atoms with Crippen LogP contribution in [0.2, 0.25) is 0 Å². The number of hydrogen-bond acceptors (Lipinski definition) is 2. The minimum atomic E-state index is -0.904. The largest absolute Gasteiger partial charge is 0.481 e. The van der Waals surface area contributed by atoms with Crippen LogP contribution >= 0.6 is 0 Å². The minimum Gasteiger partial charge on any atom is -0.481 e. The van der Waals surface area contributed by atoms with E-state index in [2.05, 4.69) is 11.9 Å². The summed E-state index contributed by atoms with van der Waals surface area (Å²) < 4.78 is 0. The summed E-state index contributed by atoms with van der Waals surface area (Å²) in [5, 5.41) is 12.2. The highest BCUT2D eigenvalue weighted by Gasteiger charge is 2.32. The van der Waals surface area contributed by atoms with Gasteiger partial charge in [0.25, 0.3) is 0 Å². The molecule has 0 aromatic heterocycles. The van der Waals surface area contributed by atoms with Gasteiger partial charge in [0, 0.05) is 19.1 Å². The van der Waals surface area contributed by atoms with Crippen molar-refractivity contribution in [3.63, 3.8) is 0 Å². The van der Waals surface area contributed by atoms with E-state index >= 15 is 0 Å². The molecular formula is C16H20N2O3.